The lowest BCUT2D eigenvalue weighted by molar-refractivity contribution is -0.117. The molecule has 3 rings (SSSR count). The Morgan fingerprint density at radius 1 is 1.05 bits per heavy atom. The third-order valence-corrected chi connectivity index (χ3v) is 4.10. The van der Waals surface area contributed by atoms with Gasteiger partial charge in [0.2, 0.25) is 0 Å². The first-order chi connectivity index (χ1) is 9.70. The fraction of sp³-hybridized carbons (Fsp3) is 0.278. The predicted octanol–water partition coefficient (Wildman–Crippen LogP) is 3.51. The van der Waals surface area contributed by atoms with E-state index in [1.807, 2.05) is 24.3 Å². The summed E-state index contributed by atoms with van der Waals surface area (Å²) in [5.74, 6) is 0.914. The van der Waals surface area contributed by atoms with Crippen molar-refractivity contribution in [3.8, 4) is 5.75 Å². The van der Waals surface area contributed by atoms with E-state index in [1.54, 1.807) is 14.0 Å². The molecule has 1 atom stereocenters. The molecule has 0 radical (unpaired) electrons. The smallest absolute Gasteiger partial charge is 0.141 e. The molecule has 1 unspecified atom stereocenters. The molecule has 0 N–H and O–H groups in total. The van der Waals surface area contributed by atoms with Gasteiger partial charge in [-0.1, -0.05) is 30.3 Å². The van der Waals surface area contributed by atoms with Crippen molar-refractivity contribution >= 4 is 5.78 Å². The fourth-order valence-electron chi connectivity index (χ4n) is 3.13. The normalized spacial score (nSPS) is 16.8. The summed E-state index contributed by atoms with van der Waals surface area (Å²) in [5, 5.41) is 0. The number of aryl methyl sites for hydroxylation is 2. The van der Waals surface area contributed by atoms with E-state index in [0.717, 1.165) is 29.7 Å². The lowest BCUT2D eigenvalue weighted by Gasteiger charge is -2.18. The lowest BCUT2D eigenvalue weighted by Crippen LogP contribution is -2.12. The third kappa shape index (κ3) is 2.11. The standard InChI is InChI=1S/C18H18O2/c1-12(19)18-16-6-4-3-5-13(16)7-8-14-11-15(20-2)9-10-17(14)18/h3-6,9-11,18H,7-8H2,1-2H3. The van der Waals surface area contributed by atoms with Crippen LogP contribution in [0.2, 0.25) is 0 Å². The molecular weight excluding hydrogens is 248 g/mol. The van der Waals surface area contributed by atoms with Crippen molar-refractivity contribution in [1.29, 1.82) is 0 Å². The number of benzene rings is 2. The van der Waals surface area contributed by atoms with Gasteiger partial charge in [0.25, 0.3) is 0 Å². The SMILES string of the molecule is COc1ccc2c(c1)CCc1ccccc1C2C(C)=O. The molecule has 2 aromatic carbocycles. The topological polar surface area (TPSA) is 26.3 Å². The van der Waals surface area contributed by atoms with E-state index in [-0.39, 0.29) is 11.7 Å². The number of carbonyl (C=O) groups is 1. The van der Waals surface area contributed by atoms with Crippen LogP contribution in [0.25, 0.3) is 0 Å². The second-order valence-corrected chi connectivity index (χ2v) is 5.31. The maximum absolute atomic E-state index is 12.2. The molecule has 0 heterocycles. The predicted molar refractivity (Wildman–Crippen MR) is 79.4 cm³/mol. The van der Waals surface area contributed by atoms with Gasteiger partial charge in [-0.25, -0.2) is 0 Å². The molecule has 1 aliphatic carbocycles. The molecule has 1 aliphatic rings. The Morgan fingerprint density at radius 3 is 2.50 bits per heavy atom. The van der Waals surface area contributed by atoms with E-state index in [4.69, 9.17) is 4.74 Å². The highest BCUT2D eigenvalue weighted by molar-refractivity contribution is 5.88. The van der Waals surface area contributed by atoms with Gasteiger partial charge >= 0.3 is 0 Å². The molecule has 0 aliphatic heterocycles. The Kier molecular flexibility index (Phi) is 3.31. The number of fused-ring (bicyclic) bond motifs is 2. The van der Waals surface area contributed by atoms with Crippen molar-refractivity contribution in [3.05, 3.63) is 64.7 Å². The van der Waals surface area contributed by atoms with Gasteiger partial charge in [0, 0.05) is 0 Å². The number of Topliss-reactive ketones (excluding diaryl/α,β-unsaturated/α-hetero) is 1. The molecule has 2 aromatic rings. The van der Waals surface area contributed by atoms with Gasteiger partial charge in [-0.3, -0.25) is 4.79 Å². The van der Waals surface area contributed by atoms with Crippen molar-refractivity contribution in [1.82, 2.24) is 0 Å². The number of ketones is 1. The van der Waals surface area contributed by atoms with Gasteiger partial charge in [-0.15, -0.1) is 0 Å². The molecule has 0 saturated carbocycles. The molecule has 0 bridgehead atoms. The third-order valence-electron chi connectivity index (χ3n) is 4.10. The molecule has 0 saturated heterocycles. The summed E-state index contributed by atoms with van der Waals surface area (Å²) >= 11 is 0. The maximum Gasteiger partial charge on any atom is 0.141 e. The molecule has 0 fully saturated rings. The van der Waals surface area contributed by atoms with Gasteiger partial charge in [-0.2, -0.15) is 0 Å². The summed E-state index contributed by atoms with van der Waals surface area (Å²) in [6, 6.07) is 14.3. The van der Waals surface area contributed by atoms with Crippen LogP contribution >= 0.6 is 0 Å². The Hall–Kier alpha value is -2.09. The maximum atomic E-state index is 12.2. The number of methoxy groups -OCH3 is 1. The van der Waals surface area contributed by atoms with Crippen molar-refractivity contribution in [3.63, 3.8) is 0 Å². The zero-order valence-electron chi connectivity index (χ0n) is 11.8. The monoisotopic (exact) mass is 266 g/mol. The number of rotatable bonds is 2. The number of hydrogen-bond donors (Lipinski definition) is 0. The van der Waals surface area contributed by atoms with E-state index in [1.165, 1.54) is 11.1 Å². The van der Waals surface area contributed by atoms with Crippen LogP contribution in [-0.2, 0) is 17.6 Å². The zero-order valence-corrected chi connectivity index (χ0v) is 11.8. The van der Waals surface area contributed by atoms with Crippen molar-refractivity contribution in [2.45, 2.75) is 25.7 Å². The van der Waals surface area contributed by atoms with E-state index in [9.17, 15) is 4.79 Å². The van der Waals surface area contributed by atoms with E-state index in [0.29, 0.717) is 0 Å². The van der Waals surface area contributed by atoms with Gasteiger partial charge in [0.15, 0.2) is 0 Å². The summed E-state index contributed by atoms with van der Waals surface area (Å²) in [7, 11) is 1.68. The van der Waals surface area contributed by atoms with Crippen LogP contribution in [-0.4, -0.2) is 12.9 Å². The van der Waals surface area contributed by atoms with Crippen LogP contribution in [0.4, 0.5) is 0 Å². The molecule has 102 valence electrons. The first-order valence-corrected chi connectivity index (χ1v) is 6.96. The van der Waals surface area contributed by atoms with E-state index < -0.39 is 0 Å². The minimum atomic E-state index is -0.144. The average molecular weight is 266 g/mol. The largest absolute Gasteiger partial charge is 0.497 e. The van der Waals surface area contributed by atoms with Gasteiger partial charge < -0.3 is 4.74 Å². The van der Waals surface area contributed by atoms with Crippen LogP contribution in [0.1, 0.15) is 35.1 Å². The summed E-state index contributed by atoms with van der Waals surface area (Å²) in [6.45, 7) is 1.68. The Bertz CT molecular complexity index is 658. The first-order valence-electron chi connectivity index (χ1n) is 6.96. The number of carbonyl (C=O) groups excluding carboxylic acids is 1. The Balaban J connectivity index is 2.19. The van der Waals surface area contributed by atoms with Crippen LogP contribution in [0.3, 0.4) is 0 Å². The second kappa shape index (κ2) is 5.12. The van der Waals surface area contributed by atoms with Gasteiger partial charge in [0.1, 0.15) is 11.5 Å². The van der Waals surface area contributed by atoms with Crippen molar-refractivity contribution in [2.75, 3.05) is 7.11 Å². The number of ether oxygens (including phenoxy) is 1. The lowest BCUT2D eigenvalue weighted by atomic mass is 9.85. The van der Waals surface area contributed by atoms with Crippen LogP contribution in [0, 0.1) is 0 Å². The molecule has 2 nitrogen and oxygen atoms in total. The first kappa shape index (κ1) is 12.9. The molecule has 2 heteroatoms. The Morgan fingerprint density at radius 2 is 1.75 bits per heavy atom. The van der Waals surface area contributed by atoms with Crippen molar-refractivity contribution < 1.29 is 9.53 Å². The summed E-state index contributed by atoms with van der Waals surface area (Å²) in [5.41, 5.74) is 4.79. The van der Waals surface area contributed by atoms with Gasteiger partial charge in [-0.05, 0) is 54.2 Å². The van der Waals surface area contributed by atoms with Crippen LogP contribution in [0.15, 0.2) is 42.5 Å². The molecule has 20 heavy (non-hydrogen) atoms. The fourth-order valence-corrected chi connectivity index (χ4v) is 3.13. The highest BCUT2D eigenvalue weighted by atomic mass is 16.5. The summed E-state index contributed by atoms with van der Waals surface area (Å²) in [4.78, 5) is 12.2. The molecule has 0 aromatic heterocycles. The van der Waals surface area contributed by atoms with Gasteiger partial charge in [0.05, 0.1) is 13.0 Å². The molecular formula is C18H18O2. The second-order valence-electron chi connectivity index (χ2n) is 5.31. The highest BCUT2D eigenvalue weighted by Gasteiger charge is 2.26. The minimum absolute atomic E-state index is 0.144. The summed E-state index contributed by atoms with van der Waals surface area (Å²) < 4.78 is 5.31. The molecule has 0 spiro atoms. The van der Waals surface area contributed by atoms with Crippen molar-refractivity contribution in [2.24, 2.45) is 0 Å². The number of hydrogen-bond acceptors (Lipinski definition) is 2. The molecule has 0 amide bonds. The minimum Gasteiger partial charge on any atom is -0.497 e. The Labute approximate surface area is 119 Å². The van der Waals surface area contributed by atoms with E-state index >= 15 is 0 Å². The summed E-state index contributed by atoms with van der Waals surface area (Å²) in [6.07, 6.45) is 1.92. The quantitative estimate of drug-likeness (QED) is 0.831. The highest BCUT2D eigenvalue weighted by Crippen LogP contribution is 2.36. The van der Waals surface area contributed by atoms with E-state index in [2.05, 4.69) is 18.2 Å². The average Bonchev–Trinajstić information content (AvgIpc) is 2.63. The van der Waals surface area contributed by atoms with Crippen LogP contribution < -0.4 is 4.74 Å². The van der Waals surface area contributed by atoms with Crippen LogP contribution in [0.5, 0.6) is 5.75 Å². The zero-order chi connectivity index (χ0) is 14.1.